The van der Waals surface area contributed by atoms with Crippen LogP contribution in [-0.4, -0.2) is 35.0 Å². The molecule has 2 aromatic carbocycles. The van der Waals surface area contributed by atoms with Crippen molar-refractivity contribution in [3.8, 4) is 11.5 Å². The van der Waals surface area contributed by atoms with Crippen LogP contribution >= 0.6 is 24.0 Å². The first kappa shape index (κ1) is 22.8. The van der Waals surface area contributed by atoms with Crippen molar-refractivity contribution in [1.82, 2.24) is 0 Å². The summed E-state index contributed by atoms with van der Waals surface area (Å²) in [6.07, 6.45) is 3.74. The second kappa shape index (κ2) is 9.98. The molecule has 6 nitrogen and oxygen atoms in total. The first-order valence-corrected chi connectivity index (χ1v) is 11.0. The number of anilines is 1. The molecule has 0 radical (unpaired) electrons. The predicted octanol–water partition coefficient (Wildman–Crippen LogP) is 5.29. The Balaban J connectivity index is 1.89. The van der Waals surface area contributed by atoms with Crippen molar-refractivity contribution in [2.75, 3.05) is 18.6 Å². The lowest BCUT2D eigenvalue weighted by Crippen LogP contribution is -2.28. The number of thioether (sulfide) groups is 1. The molecule has 0 unspecified atom stereocenters. The van der Waals surface area contributed by atoms with Crippen molar-refractivity contribution in [3.63, 3.8) is 0 Å². The topological polar surface area (TPSA) is 76.1 Å². The van der Waals surface area contributed by atoms with E-state index >= 15 is 0 Å². The SMILES string of the molecule is CCCCOc1ccc(C=C2SC(=S)N(c3cc(C(=O)O)ccc3C)C2=O)cc1OC. The average molecular weight is 458 g/mol. The van der Waals surface area contributed by atoms with Crippen LogP contribution in [0.1, 0.15) is 41.3 Å². The van der Waals surface area contributed by atoms with E-state index in [-0.39, 0.29) is 11.5 Å². The molecule has 8 heteroatoms. The molecule has 1 saturated heterocycles. The lowest BCUT2D eigenvalue weighted by molar-refractivity contribution is -0.113. The fourth-order valence-electron chi connectivity index (χ4n) is 3.03. The summed E-state index contributed by atoms with van der Waals surface area (Å²) < 4.78 is 11.5. The third-order valence-electron chi connectivity index (χ3n) is 4.73. The molecule has 0 aromatic heterocycles. The molecule has 1 fully saturated rings. The number of amides is 1. The van der Waals surface area contributed by atoms with Gasteiger partial charge in [0.25, 0.3) is 5.91 Å². The summed E-state index contributed by atoms with van der Waals surface area (Å²) in [6, 6.07) is 10.1. The zero-order valence-corrected chi connectivity index (χ0v) is 19.1. The number of aromatic carboxylic acids is 1. The molecule has 0 spiro atoms. The standard InChI is InChI=1S/C23H23NO5S2/c1-4-5-10-29-18-9-7-15(11-19(18)28-3)12-20-21(25)24(23(30)31-20)17-13-16(22(26)27)8-6-14(17)2/h6-9,11-13H,4-5,10H2,1-3H3,(H,26,27). The molecule has 3 rings (SSSR count). The van der Waals surface area contributed by atoms with Crippen LogP contribution in [0.4, 0.5) is 5.69 Å². The molecular weight excluding hydrogens is 434 g/mol. The van der Waals surface area contributed by atoms with Crippen LogP contribution in [-0.2, 0) is 4.79 Å². The Labute approximate surface area is 190 Å². The number of rotatable bonds is 8. The molecule has 31 heavy (non-hydrogen) atoms. The summed E-state index contributed by atoms with van der Waals surface area (Å²) in [4.78, 5) is 26.3. The number of carboxylic acid groups (broad SMARTS) is 1. The van der Waals surface area contributed by atoms with Crippen molar-refractivity contribution < 1.29 is 24.2 Å². The molecule has 1 aliphatic heterocycles. The van der Waals surface area contributed by atoms with Gasteiger partial charge in [-0.1, -0.05) is 49.5 Å². The molecule has 1 amide bonds. The zero-order chi connectivity index (χ0) is 22.5. The van der Waals surface area contributed by atoms with Crippen LogP contribution in [0.5, 0.6) is 11.5 Å². The fourth-order valence-corrected chi connectivity index (χ4v) is 4.31. The van der Waals surface area contributed by atoms with Crippen LogP contribution in [0, 0.1) is 6.92 Å². The molecule has 0 bridgehead atoms. The maximum atomic E-state index is 13.1. The molecule has 0 atom stereocenters. The van der Waals surface area contributed by atoms with E-state index in [2.05, 4.69) is 6.92 Å². The Morgan fingerprint density at radius 2 is 2.00 bits per heavy atom. The van der Waals surface area contributed by atoms with E-state index in [9.17, 15) is 14.7 Å². The van der Waals surface area contributed by atoms with Crippen molar-refractivity contribution in [1.29, 1.82) is 0 Å². The van der Waals surface area contributed by atoms with Crippen LogP contribution < -0.4 is 14.4 Å². The van der Waals surface area contributed by atoms with Crippen LogP contribution in [0.3, 0.4) is 0 Å². The van der Waals surface area contributed by atoms with Gasteiger partial charge in [0.15, 0.2) is 15.8 Å². The average Bonchev–Trinajstić information content (AvgIpc) is 3.02. The van der Waals surface area contributed by atoms with E-state index in [1.807, 2.05) is 25.1 Å². The first-order chi connectivity index (χ1) is 14.8. The summed E-state index contributed by atoms with van der Waals surface area (Å²) >= 11 is 6.60. The highest BCUT2D eigenvalue weighted by molar-refractivity contribution is 8.27. The van der Waals surface area contributed by atoms with Gasteiger partial charge in [-0.25, -0.2) is 4.79 Å². The second-order valence-electron chi connectivity index (χ2n) is 6.94. The molecule has 0 aliphatic carbocycles. The summed E-state index contributed by atoms with van der Waals surface area (Å²) in [5.74, 6) is -0.106. The molecule has 162 valence electrons. The number of carbonyl (C=O) groups is 2. The van der Waals surface area contributed by atoms with E-state index < -0.39 is 5.97 Å². The highest BCUT2D eigenvalue weighted by Gasteiger charge is 2.34. The van der Waals surface area contributed by atoms with Gasteiger partial charge in [0, 0.05) is 0 Å². The summed E-state index contributed by atoms with van der Waals surface area (Å²) in [7, 11) is 1.57. The van der Waals surface area contributed by atoms with Gasteiger partial charge in [-0.2, -0.15) is 0 Å². The van der Waals surface area contributed by atoms with E-state index in [0.29, 0.717) is 33.0 Å². The summed E-state index contributed by atoms with van der Waals surface area (Å²) in [5, 5.41) is 9.29. The van der Waals surface area contributed by atoms with Crippen molar-refractivity contribution in [2.45, 2.75) is 26.7 Å². The van der Waals surface area contributed by atoms with Crippen LogP contribution in [0.25, 0.3) is 6.08 Å². The van der Waals surface area contributed by atoms with Crippen molar-refractivity contribution in [2.24, 2.45) is 0 Å². The minimum Gasteiger partial charge on any atom is -0.493 e. The highest BCUT2D eigenvalue weighted by atomic mass is 32.2. The maximum absolute atomic E-state index is 13.1. The van der Waals surface area contributed by atoms with Gasteiger partial charge in [0.1, 0.15) is 0 Å². The van der Waals surface area contributed by atoms with Gasteiger partial charge >= 0.3 is 5.97 Å². The van der Waals surface area contributed by atoms with Gasteiger partial charge in [-0.05, 0) is 54.8 Å². The smallest absolute Gasteiger partial charge is 0.335 e. The normalized spacial score (nSPS) is 14.9. The molecule has 0 saturated carbocycles. The van der Waals surface area contributed by atoms with Crippen LogP contribution in [0.2, 0.25) is 0 Å². The number of ether oxygens (including phenoxy) is 2. The van der Waals surface area contributed by atoms with E-state index in [1.165, 1.54) is 28.8 Å². The van der Waals surface area contributed by atoms with Gasteiger partial charge in [-0.3, -0.25) is 9.69 Å². The van der Waals surface area contributed by atoms with E-state index in [4.69, 9.17) is 21.7 Å². The largest absolute Gasteiger partial charge is 0.493 e. The van der Waals surface area contributed by atoms with E-state index in [0.717, 1.165) is 24.0 Å². The minimum absolute atomic E-state index is 0.0991. The van der Waals surface area contributed by atoms with Gasteiger partial charge in [-0.15, -0.1) is 0 Å². The first-order valence-electron chi connectivity index (χ1n) is 9.78. The number of aryl methyl sites for hydroxylation is 1. The molecule has 1 N–H and O–H groups in total. The number of hydrogen-bond acceptors (Lipinski definition) is 6. The number of unbranched alkanes of at least 4 members (excludes halogenated alkanes) is 1. The van der Waals surface area contributed by atoms with Crippen molar-refractivity contribution in [3.05, 3.63) is 58.0 Å². The highest BCUT2D eigenvalue weighted by Crippen LogP contribution is 2.38. The molecular formula is C23H23NO5S2. The predicted molar refractivity (Wildman–Crippen MR) is 127 cm³/mol. The Hall–Kier alpha value is -2.84. The van der Waals surface area contributed by atoms with Crippen molar-refractivity contribution >= 4 is 51.9 Å². The number of hydrogen-bond donors (Lipinski definition) is 1. The Morgan fingerprint density at radius 1 is 1.23 bits per heavy atom. The lowest BCUT2D eigenvalue weighted by Gasteiger charge is -2.17. The fraction of sp³-hybridized carbons (Fsp3) is 0.261. The van der Waals surface area contributed by atoms with Gasteiger partial charge in [0.05, 0.1) is 29.9 Å². The third kappa shape index (κ3) is 5.08. The lowest BCUT2D eigenvalue weighted by atomic mass is 10.1. The summed E-state index contributed by atoms with van der Waals surface area (Å²) in [5.41, 5.74) is 2.11. The number of carbonyl (C=O) groups excluding carboxylic acids is 1. The monoisotopic (exact) mass is 457 g/mol. The quantitative estimate of drug-likeness (QED) is 0.328. The minimum atomic E-state index is -1.06. The van der Waals surface area contributed by atoms with E-state index in [1.54, 1.807) is 19.3 Å². The van der Waals surface area contributed by atoms with Gasteiger partial charge < -0.3 is 14.6 Å². The number of benzene rings is 2. The van der Waals surface area contributed by atoms with Crippen LogP contribution in [0.15, 0.2) is 41.3 Å². The Kier molecular flexibility index (Phi) is 7.35. The van der Waals surface area contributed by atoms with Gasteiger partial charge in [0.2, 0.25) is 0 Å². The Morgan fingerprint density at radius 3 is 2.68 bits per heavy atom. The number of methoxy groups -OCH3 is 1. The summed E-state index contributed by atoms with van der Waals surface area (Å²) in [6.45, 7) is 4.52. The molecule has 1 aliphatic rings. The molecule has 1 heterocycles. The number of thiocarbonyl (C=S) groups is 1. The number of nitrogens with zero attached hydrogens (tertiary/aromatic N) is 1. The zero-order valence-electron chi connectivity index (χ0n) is 17.5. The molecule has 2 aromatic rings. The third-order valence-corrected chi connectivity index (χ3v) is 6.03. The Bertz CT molecular complexity index is 1060. The second-order valence-corrected chi connectivity index (χ2v) is 8.61. The number of carboxylic acids is 1. The maximum Gasteiger partial charge on any atom is 0.335 e.